The third kappa shape index (κ3) is 2.62. The van der Waals surface area contributed by atoms with Crippen molar-refractivity contribution in [2.24, 2.45) is 0 Å². The van der Waals surface area contributed by atoms with E-state index in [2.05, 4.69) is 20.5 Å². The molecule has 116 valence electrons. The lowest BCUT2D eigenvalue weighted by Crippen LogP contribution is -2.39. The van der Waals surface area contributed by atoms with E-state index in [4.69, 9.17) is 0 Å². The van der Waals surface area contributed by atoms with Crippen molar-refractivity contribution in [2.45, 2.75) is 45.8 Å². The van der Waals surface area contributed by atoms with Gasteiger partial charge in [0.15, 0.2) is 5.82 Å². The summed E-state index contributed by atoms with van der Waals surface area (Å²) < 4.78 is 0. The molecule has 1 saturated carbocycles. The van der Waals surface area contributed by atoms with Gasteiger partial charge in [-0.3, -0.25) is 4.98 Å². The minimum absolute atomic E-state index is 0.111. The molecule has 3 N–H and O–H groups in total. The molecule has 2 aromatic rings. The SMILES string of the molecule is Cc1cnc(-c2nnc(NC3CC(O)C3)c(C)c2C)c(O)c1. The summed E-state index contributed by atoms with van der Waals surface area (Å²) in [6.07, 6.45) is 2.97. The number of hydrogen-bond donors (Lipinski definition) is 3. The zero-order valence-electron chi connectivity index (χ0n) is 13.0. The molecule has 6 heteroatoms. The van der Waals surface area contributed by atoms with Gasteiger partial charge in [-0.15, -0.1) is 10.2 Å². The van der Waals surface area contributed by atoms with E-state index in [0.29, 0.717) is 11.4 Å². The predicted molar refractivity (Wildman–Crippen MR) is 83.8 cm³/mol. The van der Waals surface area contributed by atoms with Crippen molar-refractivity contribution in [1.82, 2.24) is 15.2 Å². The number of nitrogens with zero attached hydrogens (tertiary/aromatic N) is 3. The van der Waals surface area contributed by atoms with Crippen molar-refractivity contribution in [2.75, 3.05) is 5.32 Å². The van der Waals surface area contributed by atoms with Gasteiger partial charge in [-0.05, 0) is 56.4 Å². The number of hydrogen-bond acceptors (Lipinski definition) is 6. The zero-order chi connectivity index (χ0) is 15.9. The van der Waals surface area contributed by atoms with Crippen molar-refractivity contribution < 1.29 is 10.2 Å². The largest absolute Gasteiger partial charge is 0.506 e. The lowest BCUT2D eigenvalue weighted by molar-refractivity contribution is 0.0835. The fraction of sp³-hybridized carbons (Fsp3) is 0.438. The van der Waals surface area contributed by atoms with Crippen LogP contribution < -0.4 is 5.32 Å². The van der Waals surface area contributed by atoms with E-state index in [-0.39, 0.29) is 17.9 Å². The van der Waals surface area contributed by atoms with Gasteiger partial charge in [0.2, 0.25) is 0 Å². The average molecular weight is 300 g/mol. The Morgan fingerprint density at radius 3 is 2.45 bits per heavy atom. The van der Waals surface area contributed by atoms with E-state index >= 15 is 0 Å². The van der Waals surface area contributed by atoms with Crippen molar-refractivity contribution in [1.29, 1.82) is 0 Å². The Labute approximate surface area is 129 Å². The first kappa shape index (κ1) is 14.7. The fourth-order valence-corrected chi connectivity index (χ4v) is 2.60. The minimum Gasteiger partial charge on any atom is -0.506 e. The summed E-state index contributed by atoms with van der Waals surface area (Å²) in [5.41, 5.74) is 3.85. The molecule has 0 radical (unpaired) electrons. The molecule has 2 aromatic heterocycles. The molecule has 0 saturated heterocycles. The van der Waals surface area contributed by atoms with Crippen LogP contribution in [-0.2, 0) is 0 Å². The van der Waals surface area contributed by atoms with Crippen LogP contribution in [0.2, 0.25) is 0 Å². The topological polar surface area (TPSA) is 91.2 Å². The summed E-state index contributed by atoms with van der Waals surface area (Å²) >= 11 is 0. The first-order chi connectivity index (χ1) is 10.5. The number of pyridine rings is 1. The molecule has 0 aliphatic heterocycles. The van der Waals surface area contributed by atoms with Gasteiger partial charge in [-0.2, -0.15) is 0 Å². The molecule has 1 fully saturated rings. The molecule has 1 aliphatic carbocycles. The number of aliphatic hydroxyl groups excluding tert-OH is 1. The van der Waals surface area contributed by atoms with Gasteiger partial charge in [-0.25, -0.2) is 0 Å². The van der Waals surface area contributed by atoms with E-state index in [1.807, 2.05) is 20.8 Å². The normalized spacial score (nSPS) is 20.5. The zero-order valence-corrected chi connectivity index (χ0v) is 13.0. The highest BCUT2D eigenvalue weighted by atomic mass is 16.3. The van der Waals surface area contributed by atoms with Crippen LogP contribution in [0.5, 0.6) is 5.75 Å². The molecular weight excluding hydrogens is 280 g/mol. The molecule has 0 bridgehead atoms. The Balaban J connectivity index is 1.92. The number of rotatable bonds is 3. The van der Waals surface area contributed by atoms with Crippen LogP contribution in [0, 0.1) is 20.8 Å². The van der Waals surface area contributed by atoms with Gasteiger partial charge in [0.1, 0.15) is 17.1 Å². The summed E-state index contributed by atoms with van der Waals surface area (Å²) in [5.74, 6) is 0.837. The summed E-state index contributed by atoms with van der Waals surface area (Å²) in [6, 6.07) is 1.92. The summed E-state index contributed by atoms with van der Waals surface area (Å²) in [7, 11) is 0. The van der Waals surface area contributed by atoms with Crippen LogP contribution in [0.4, 0.5) is 5.82 Å². The number of aliphatic hydroxyl groups is 1. The van der Waals surface area contributed by atoms with E-state index in [0.717, 1.165) is 35.3 Å². The van der Waals surface area contributed by atoms with E-state index < -0.39 is 0 Å². The van der Waals surface area contributed by atoms with Crippen molar-refractivity contribution in [3.05, 3.63) is 29.0 Å². The van der Waals surface area contributed by atoms with Crippen molar-refractivity contribution in [3.63, 3.8) is 0 Å². The third-order valence-electron chi connectivity index (χ3n) is 4.21. The number of aromatic nitrogens is 3. The molecule has 6 nitrogen and oxygen atoms in total. The molecule has 22 heavy (non-hydrogen) atoms. The maximum absolute atomic E-state index is 10.1. The Bertz CT molecular complexity index is 712. The standard InChI is InChI=1S/C16H20N4O2/c1-8-4-13(22)15(17-7-8)14-9(2)10(3)16(20-19-14)18-11-5-12(21)6-11/h4,7,11-12,21-22H,5-6H2,1-3H3,(H,18,20). The summed E-state index contributed by atoms with van der Waals surface area (Å²) in [5, 5.41) is 31.2. The molecule has 0 amide bonds. The second-order valence-corrected chi connectivity index (χ2v) is 5.99. The molecule has 0 aromatic carbocycles. The first-order valence-corrected chi connectivity index (χ1v) is 7.40. The van der Waals surface area contributed by atoms with Crippen LogP contribution >= 0.6 is 0 Å². The van der Waals surface area contributed by atoms with Crippen LogP contribution in [-0.4, -0.2) is 37.5 Å². The highest BCUT2D eigenvalue weighted by Gasteiger charge is 2.28. The van der Waals surface area contributed by atoms with Gasteiger partial charge >= 0.3 is 0 Å². The Morgan fingerprint density at radius 2 is 1.82 bits per heavy atom. The minimum atomic E-state index is -0.208. The lowest BCUT2D eigenvalue weighted by Gasteiger charge is -2.32. The van der Waals surface area contributed by atoms with Gasteiger partial charge < -0.3 is 15.5 Å². The van der Waals surface area contributed by atoms with Crippen molar-refractivity contribution in [3.8, 4) is 17.1 Å². The molecular formula is C16H20N4O2. The molecule has 0 atom stereocenters. The van der Waals surface area contributed by atoms with Crippen molar-refractivity contribution >= 4 is 5.82 Å². The van der Waals surface area contributed by atoms with Crippen LogP contribution in [0.25, 0.3) is 11.4 Å². The Morgan fingerprint density at radius 1 is 1.09 bits per heavy atom. The number of anilines is 1. The van der Waals surface area contributed by atoms with Gasteiger partial charge in [0.05, 0.1) is 6.10 Å². The van der Waals surface area contributed by atoms with Crippen LogP contribution in [0.1, 0.15) is 29.5 Å². The van der Waals surface area contributed by atoms with Gasteiger partial charge in [-0.1, -0.05) is 0 Å². The summed E-state index contributed by atoms with van der Waals surface area (Å²) in [6.45, 7) is 5.79. The molecule has 0 spiro atoms. The first-order valence-electron chi connectivity index (χ1n) is 7.40. The summed E-state index contributed by atoms with van der Waals surface area (Å²) in [4.78, 5) is 4.27. The van der Waals surface area contributed by atoms with Gasteiger partial charge in [0.25, 0.3) is 0 Å². The molecule has 1 aliphatic rings. The average Bonchev–Trinajstić information content (AvgIpc) is 2.43. The van der Waals surface area contributed by atoms with Crippen LogP contribution in [0.3, 0.4) is 0 Å². The third-order valence-corrected chi connectivity index (χ3v) is 4.21. The molecule has 3 rings (SSSR count). The maximum atomic E-state index is 10.1. The number of aryl methyl sites for hydroxylation is 1. The smallest absolute Gasteiger partial charge is 0.152 e. The highest BCUT2D eigenvalue weighted by Crippen LogP contribution is 2.32. The maximum Gasteiger partial charge on any atom is 0.152 e. The van der Waals surface area contributed by atoms with E-state index in [1.54, 1.807) is 12.3 Å². The van der Waals surface area contributed by atoms with Gasteiger partial charge in [0, 0.05) is 12.2 Å². The molecule has 2 heterocycles. The number of aromatic hydroxyl groups is 1. The van der Waals surface area contributed by atoms with E-state index in [9.17, 15) is 10.2 Å². The highest BCUT2D eigenvalue weighted by molar-refractivity contribution is 5.68. The lowest BCUT2D eigenvalue weighted by atomic mass is 9.89. The quantitative estimate of drug-likeness (QED) is 0.804. The fourth-order valence-electron chi connectivity index (χ4n) is 2.60. The second-order valence-electron chi connectivity index (χ2n) is 5.99. The second kappa shape index (κ2) is 5.53. The number of nitrogens with one attached hydrogen (secondary N) is 1. The van der Waals surface area contributed by atoms with E-state index in [1.165, 1.54) is 0 Å². The van der Waals surface area contributed by atoms with Crippen LogP contribution in [0.15, 0.2) is 12.3 Å². The Hall–Kier alpha value is -2.21. The predicted octanol–water partition coefficient (Wildman–Crippen LogP) is 2.10. The molecule has 0 unspecified atom stereocenters. The Kier molecular flexibility index (Phi) is 3.70. The monoisotopic (exact) mass is 300 g/mol.